The first kappa shape index (κ1) is 47.3. The molecule has 8 nitrogen and oxygen atoms in total. The molecule has 14 rings (SSSR count). The largest absolute Gasteiger partial charge is 0.460 e. The summed E-state index contributed by atoms with van der Waals surface area (Å²) < 4.78 is 26.8. The number of fused-ring (bicyclic) bond motifs is 14. The van der Waals surface area contributed by atoms with Crippen molar-refractivity contribution in [3.8, 4) is 29.2 Å². The Labute approximate surface area is 460 Å². The lowest BCUT2D eigenvalue weighted by atomic mass is 10.0. The molecule has 9 heteroatoms. The molecule has 0 amide bonds. The SMILES string of the molecule is C=Cc1c(/C=C\C)c2ccccc2n1-c1ccc2c(c1)c1c3oc4ccccc4c3ccc1n2-c1cc(C#N)cc(C#N)c1-n1c2c(c3c4oc(C)c(CCC)c4ccc31)C=C(n1c(/C(C)=C\CC)cc3ccccc31)C=I2. The van der Waals surface area contributed by atoms with Crippen molar-refractivity contribution in [2.45, 2.75) is 53.9 Å². The van der Waals surface area contributed by atoms with E-state index in [-0.39, 0.29) is 0 Å². The van der Waals surface area contributed by atoms with Crippen molar-refractivity contribution >= 4 is 142 Å². The van der Waals surface area contributed by atoms with Gasteiger partial charge in [-0.3, -0.25) is 0 Å². The molecule has 1 aliphatic rings. The molecule has 0 N–H and O–H groups in total. The maximum absolute atomic E-state index is 11.5. The molecule has 0 unspecified atom stereocenters. The maximum Gasteiger partial charge on any atom is 0.145 e. The molecular weight excluding hydrogens is 1070 g/mol. The Kier molecular flexibility index (Phi) is 11.1. The zero-order valence-electron chi connectivity index (χ0n) is 43.9. The molecule has 0 fully saturated rings. The number of rotatable bonds is 10. The highest BCUT2D eigenvalue weighted by molar-refractivity contribution is 14.2. The summed E-state index contributed by atoms with van der Waals surface area (Å²) in [5.41, 5.74) is 18.4. The molecule has 0 saturated heterocycles. The summed E-state index contributed by atoms with van der Waals surface area (Å²) in [5, 5.41) is 30.8. The summed E-state index contributed by atoms with van der Waals surface area (Å²) in [4.78, 5) is 0. The van der Waals surface area contributed by atoms with Crippen LogP contribution in [-0.4, -0.2) is 22.3 Å². The van der Waals surface area contributed by atoms with Crippen molar-refractivity contribution in [1.82, 2.24) is 18.3 Å². The molecule has 78 heavy (non-hydrogen) atoms. The third-order valence-corrected chi connectivity index (χ3v) is 18.4. The fourth-order valence-electron chi connectivity index (χ4n) is 12.6. The summed E-state index contributed by atoms with van der Waals surface area (Å²) in [6, 6.07) is 51.8. The van der Waals surface area contributed by atoms with Gasteiger partial charge < -0.3 is 27.1 Å². The van der Waals surface area contributed by atoms with Crippen LogP contribution in [0.25, 0.3) is 134 Å². The van der Waals surface area contributed by atoms with Gasteiger partial charge >= 0.3 is 0 Å². The summed E-state index contributed by atoms with van der Waals surface area (Å²) in [6.07, 6.45) is 13.6. The number of allylic oxidation sites excluding steroid dienone is 4. The van der Waals surface area contributed by atoms with Crippen molar-refractivity contribution < 1.29 is 8.83 Å². The molecule has 0 radical (unpaired) electrons. The number of aromatic nitrogens is 4. The summed E-state index contributed by atoms with van der Waals surface area (Å²) >= 11 is -0.896. The van der Waals surface area contributed by atoms with E-state index in [0.29, 0.717) is 22.5 Å². The van der Waals surface area contributed by atoms with Crippen LogP contribution in [0.4, 0.5) is 0 Å². The number of hydrogen-bond acceptors (Lipinski definition) is 4. The molecule has 0 aliphatic carbocycles. The molecule has 0 spiro atoms. The first-order chi connectivity index (χ1) is 38.3. The van der Waals surface area contributed by atoms with Crippen LogP contribution in [0.15, 0.2) is 161 Å². The number of halogens is 1. The van der Waals surface area contributed by atoms with Crippen LogP contribution in [0.1, 0.15) is 85.5 Å². The fraction of sp³-hybridized carbons (Fsp3) is 0.116. The zero-order chi connectivity index (χ0) is 53.1. The first-order valence-electron chi connectivity index (χ1n) is 26.6. The molecule has 0 saturated carbocycles. The number of nitrogens with zero attached hydrogens (tertiary/aromatic N) is 6. The van der Waals surface area contributed by atoms with E-state index in [0.717, 1.165) is 139 Å². The normalized spacial score (nSPS) is 13.0. The van der Waals surface area contributed by atoms with Crippen molar-refractivity contribution in [2.24, 2.45) is 0 Å². The number of aryl methyl sites for hydroxylation is 2. The number of nitriles is 2. The fourth-order valence-corrected chi connectivity index (χ4v) is 15.2. The highest BCUT2D eigenvalue weighted by Gasteiger charge is 2.30. The second-order valence-electron chi connectivity index (χ2n) is 20.2. The van der Waals surface area contributed by atoms with Crippen molar-refractivity contribution in [2.75, 3.05) is 0 Å². The molecule has 376 valence electrons. The zero-order valence-corrected chi connectivity index (χ0v) is 46.0. The van der Waals surface area contributed by atoms with Crippen LogP contribution in [0.2, 0.25) is 0 Å². The van der Waals surface area contributed by atoms with Crippen LogP contribution in [0, 0.1) is 33.3 Å². The lowest BCUT2D eigenvalue weighted by Crippen LogP contribution is -2.10. The Balaban J connectivity index is 1.11. The molecule has 13 aromatic rings. The molecule has 6 aromatic heterocycles. The number of para-hydroxylation sites is 3. The quantitative estimate of drug-likeness (QED) is 0.128. The van der Waals surface area contributed by atoms with Gasteiger partial charge in [0.1, 0.15) is 28.6 Å². The Morgan fingerprint density at radius 2 is 1.42 bits per heavy atom. The standard InChI is InChI=1S/C69H51IN6O2/c1-7-17-40(5)61-34-43-20-11-14-23-56(43)74(61)46-36-54-65-60(31-27-51-47(18-8-2)41(6)77-67(51)65)76(69(54)70-37-46)66-44(39-72)32-42(38-71)33-62(66)75-58-29-26-45(73-55(10-4)48(19-9-3)49-21-12-15-24-57(49)73)35-53(58)64-59(75)30-28-52-50-22-13-16-25-63(50)78-68(52)64/h9-17,19-37H,4,7-8,18H2,1-3,5-6H3/b19-9-,40-17-. The second kappa shape index (κ2) is 18.3. The maximum atomic E-state index is 11.5. The number of benzene rings is 7. The van der Waals surface area contributed by atoms with Crippen LogP contribution in [0.3, 0.4) is 0 Å². The van der Waals surface area contributed by atoms with E-state index < -0.39 is 20.7 Å². The average Bonchev–Trinajstić information content (AvgIpc) is 4.48. The van der Waals surface area contributed by atoms with E-state index in [1.165, 1.54) is 22.2 Å². The molecular formula is C69H51IN6O2. The predicted octanol–water partition coefficient (Wildman–Crippen LogP) is 18.7. The molecule has 0 atom stereocenters. The average molecular weight is 1120 g/mol. The lowest BCUT2D eigenvalue weighted by Gasteiger charge is -2.20. The van der Waals surface area contributed by atoms with Gasteiger partial charge in [0, 0.05) is 60.4 Å². The van der Waals surface area contributed by atoms with Gasteiger partial charge in [0.15, 0.2) is 0 Å². The van der Waals surface area contributed by atoms with Gasteiger partial charge in [-0.1, -0.05) is 120 Å². The molecule has 0 bridgehead atoms. The second-order valence-corrected chi connectivity index (χ2v) is 22.5. The lowest BCUT2D eigenvalue weighted by molar-refractivity contribution is 0.574. The van der Waals surface area contributed by atoms with Crippen LogP contribution >= 0.6 is 20.7 Å². The smallest absolute Gasteiger partial charge is 0.145 e. The minimum Gasteiger partial charge on any atom is -0.460 e. The monoisotopic (exact) mass is 1120 g/mol. The Bertz CT molecular complexity index is 4990. The molecule has 1 aliphatic heterocycles. The van der Waals surface area contributed by atoms with Crippen molar-refractivity contribution in [1.29, 1.82) is 10.5 Å². The van der Waals surface area contributed by atoms with Gasteiger partial charge in [-0.15, -0.1) is 0 Å². The number of hydrogen-bond donors (Lipinski definition) is 0. The Hall–Kier alpha value is -9.16. The Morgan fingerprint density at radius 1 is 0.692 bits per heavy atom. The van der Waals surface area contributed by atoms with Gasteiger partial charge in [0.2, 0.25) is 0 Å². The summed E-state index contributed by atoms with van der Waals surface area (Å²) in [7, 11) is 0. The topological polar surface area (TPSA) is 93.6 Å². The Morgan fingerprint density at radius 3 is 2.21 bits per heavy atom. The van der Waals surface area contributed by atoms with E-state index in [1.54, 1.807) is 6.07 Å². The first-order valence-corrected chi connectivity index (χ1v) is 28.9. The summed E-state index contributed by atoms with van der Waals surface area (Å²) in [5.74, 6) is 0.922. The van der Waals surface area contributed by atoms with E-state index in [4.69, 9.17) is 8.83 Å². The number of furan rings is 2. The minimum atomic E-state index is -0.896. The van der Waals surface area contributed by atoms with E-state index in [1.807, 2.05) is 31.2 Å². The van der Waals surface area contributed by atoms with Crippen LogP contribution < -0.4 is 0 Å². The summed E-state index contributed by atoms with van der Waals surface area (Å²) in [6.45, 7) is 15.1. The third-order valence-electron chi connectivity index (χ3n) is 15.8. The van der Waals surface area contributed by atoms with Crippen LogP contribution in [-0.2, 0) is 6.42 Å². The molecule has 7 heterocycles. The minimum absolute atomic E-state index is 0.386. The molecule has 7 aromatic carbocycles. The predicted molar refractivity (Wildman–Crippen MR) is 333 cm³/mol. The van der Waals surface area contributed by atoms with E-state index in [2.05, 4.69) is 202 Å². The van der Waals surface area contributed by atoms with Gasteiger partial charge in [-0.05, 0) is 134 Å². The van der Waals surface area contributed by atoms with Gasteiger partial charge in [0.25, 0.3) is 0 Å². The van der Waals surface area contributed by atoms with E-state index >= 15 is 0 Å². The van der Waals surface area contributed by atoms with Crippen molar-refractivity contribution in [3.63, 3.8) is 0 Å². The highest BCUT2D eigenvalue weighted by atomic mass is 127. The highest BCUT2D eigenvalue weighted by Crippen LogP contribution is 2.48. The van der Waals surface area contributed by atoms with Gasteiger partial charge in [-0.2, -0.15) is 10.5 Å². The van der Waals surface area contributed by atoms with Crippen molar-refractivity contribution in [3.05, 3.63) is 201 Å². The van der Waals surface area contributed by atoms with Crippen LogP contribution in [0.5, 0.6) is 0 Å². The third kappa shape index (κ3) is 6.77. The van der Waals surface area contributed by atoms with E-state index in [9.17, 15) is 10.5 Å². The van der Waals surface area contributed by atoms with Gasteiger partial charge in [0.05, 0.1) is 82.0 Å². The van der Waals surface area contributed by atoms with Gasteiger partial charge in [-0.25, -0.2) is 0 Å².